The van der Waals surface area contributed by atoms with E-state index < -0.39 is 11.8 Å². The van der Waals surface area contributed by atoms with Crippen molar-refractivity contribution >= 4 is 23.4 Å². The summed E-state index contributed by atoms with van der Waals surface area (Å²) in [6.07, 6.45) is 0.551. The standard InChI is InChI=1S/C23H26N2O6/c1-4-30-19-10-8-16(14-20(19)31-5-2)24-21(26)15-7-9-17-18(13-15)23(28)25(22(17)27)11-6-12-29-3/h7-10,13-14H,4-6,11-12H2,1-3H3,(H,24,26). The number of carbonyl (C=O) groups excluding carboxylic acids is 3. The summed E-state index contributed by atoms with van der Waals surface area (Å²) in [5, 5.41) is 2.80. The van der Waals surface area contributed by atoms with Gasteiger partial charge in [0.25, 0.3) is 17.7 Å². The van der Waals surface area contributed by atoms with Crippen LogP contribution >= 0.6 is 0 Å². The number of anilines is 1. The molecule has 0 aliphatic carbocycles. The van der Waals surface area contributed by atoms with Gasteiger partial charge in [0, 0.05) is 37.6 Å². The van der Waals surface area contributed by atoms with Crippen molar-refractivity contribution in [2.45, 2.75) is 20.3 Å². The zero-order valence-electron chi connectivity index (χ0n) is 17.9. The largest absolute Gasteiger partial charge is 0.490 e. The van der Waals surface area contributed by atoms with Gasteiger partial charge in [-0.25, -0.2) is 0 Å². The Hall–Kier alpha value is -3.39. The Bertz CT molecular complexity index is 988. The fourth-order valence-electron chi connectivity index (χ4n) is 3.33. The van der Waals surface area contributed by atoms with E-state index in [0.29, 0.717) is 49.0 Å². The quantitative estimate of drug-likeness (QED) is 0.462. The SMILES string of the molecule is CCOc1ccc(NC(=O)c2ccc3c(c2)C(=O)N(CCCOC)C3=O)cc1OCC. The molecule has 0 bridgehead atoms. The van der Waals surface area contributed by atoms with Crippen LogP contribution in [0.2, 0.25) is 0 Å². The number of imide groups is 1. The first kappa shape index (κ1) is 22.3. The third-order valence-corrected chi connectivity index (χ3v) is 4.76. The van der Waals surface area contributed by atoms with Crippen molar-refractivity contribution in [2.24, 2.45) is 0 Å². The van der Waals surface area contributed by atoms with Crippen LogP contribution in [0.15, 0.2) is 36.4 Å². The number of ether oxygens (including phenoxy) is 3. The van der Waals surface area contributed by atoms with E-state index in [1.54, 1.807) is 25.3 Å². The van der Waals surface area contributed by atoms with E-state index >= 15 is 0 Å². The Morgan fingerprint density at radius 2 is 1.65 bits per heavy atom. The minimum absolute atomic E-state index is 0.233. The molecule has 1 N–H and O–H groups in total. The summed E-state index contributed by atoms with van der Waals surface area (Å²) in [7, 11) is 1.56. The van der Waals surface area contributed by atoms with Crippen LogP contribution < -0.4 is 14.8 Å². The monoisotopic (exact) mass is 426 g/mol. The molecule has 8 nitrogen and oxygen atoms in total. The van der Waals surface area contributed by atoms with Gasteiger partial charge >= 0.3 is 0 Å². The molecule has 0 fully saturated rings. The van der Waals surface area contributed by atoms with Crippen LogP contribution in [-0.4, -0.2) is 56.1 Å². The van der Waals surface area contributed by atoms with E-state index in [-0.39, 0.29) is 23.6 Å². The molecule has 164 valence electrons. The second-order valence-electron chi connectivity index (χ2n) is 6.85. The molecule has 3 amide bonds. The number of benzene rings is 2. The lowest BCUT2D eigenvalue weighted by Crippen LogP contribution is -2.31. The Kier molecular flexibility index (Phi) is 7.25. The molecule has 0 spiro atoms. The van der Waals surface area contributed by atoms with Crippen molar-refractivity contribution in [3.05, 3.63) is 53.1 Å². The number of carbonyl (C=O) groups is 3. The normalized spacial score (nSPS) is 12.7. The fourth-order valence-corrected chi connectivity index (χ4v) is 3.33. The van der Waals surface area contributed by atoms with Crippen molar-refractivity contribution in [3.8, 4) is 11.5 Å². The number of nitrogens with one attached hydrogen (secondary N) is 1. The summed E-state index contributed by atoms with van der Waals surface area (Å²) >= 11 is 0. The van der Waals surface area contributed by atoms with Crippen LogP contribution in [-0.2, 0) is 4.74 Å². The number of hydrogen-bond donors (Lipinski definition) is 1. The van der Waals surface area contributed by atoms with Crippen LogP contribution in [0.1, 0.15) is 51.3 Å². The second kappa shape index (κ2) is 10.1. The van der Waals surface area contributed by atoms with Gasteiger partial charge in [0.1, 0.15) is 0 Å². The third kappa shape index (κ3) is 4.86. The molecule has 1 aliphatic heterocycles. The van der Waals surface area contributed by atoms with E-state index in [2.05, 4.69) is 5.32 Å². The van der Waals surface area contributed by atoms with Gasteiger partial charge in [0.15, 0.2) is 11.5 Å². The van der Waals surface area contributed by atoms with Crippen LogP contribution in [0.5, 0.6) is 11.5 Å². The number of hydrogen-bond acceptors (Lipinski definition) is 6. The first-order chi connectivity index (χ1) is 15.0. The van der Waals surface area contributed by atoms with Crippen molar-refractivity contribution in [1.29, 1.82) is 0 Å². The molecular formula is C23H26N2O6. The lowest BCUT2D eigenvalue weighted by Gasteiger charge is -2.13. The molecule has 3 rings (SSSR count). The average molecular weight is 426 g/mol. The number of nitrogens with zero attached hydrogens (tertiary/aromatic N) is 1. The van der Waals surface area contributed by atoms with Crippen LogP contribution in [0, 0.1) is 0 Å². The Labute approximate surface area is 181 Å². The molecular weight excluding hydrogens is 400 g/mol. The van der Waals surface area contributed by atoms with Crippen molar-refractivity contribution in [2.75, 3.05) is 38.8 Å². The van der Waals surface area contributed by atoms with Gasteiger partial charge in [-0.1, -0.05) is 0 Å². The molecule has 0 atom stereocenters. The molecule has 1 aliphatic rings. The number of rotatable bonds is 10. The lowest BCUT2D eigenvalue weighted by molar-refractivity contribution is 0.0638. The molecule has 2 aromatic carbocycles. The summed E-state index contributed by atoms with van der Waals surface area (Å²) in [5.41, 5.74) is 1.35. The van der Waals surface area contributed by atoms with E-state index in [1.807, 2.05) is 13.8 Å². The lowest BCUT2D eigenvalue weighted by atomic mass is 10.1. The molecule has 2 aromatic rings. The summed E-state index contributed by atoms with van der Waals surface area (Å²) in [5.74, 6) is -0.0185. The number of methoxy groups -OCH3 is 1. The zero-order valence-corrected chi connectivity index (χ0v) is 17.9. The van der Waals surface area contributed by atoms with Gasteiger partial charge in [-0.05, 0) is 50.6 Å². The Morgan fingerprint density at radius 1 is 0.935 bits per heavy atom. The van der Waals surface area contributed by atoms with Crippen molar-refractivity contribution in [3.63, 3.8) is 0 Å². The first-order valence-corrected chi connectivity index (χ1v) is 10.2. The van der Waals surface area contributed by atoms with E-state index in [4.69, 9.17) is 14.2 Å². The molecule has 0 aromatic heterocycles. The topological polar surface area (TPSA) is 94.2 Å². The Balaban J connectivity index is 1.77. The van der Waals surface area contributed by atoms with Gasteiger partial charge < -0.3 is 19.5 Å². The highest BCUT2D eigenvalue weighted by molar-refractivity contribution is 6.22. The molecule has 0 unspecified atom stereocenters. The van der Waals surface area contributed by atoms with E-state index in [9.17, 15) is 14.4 Å². The summed E-state index contributed by atoms with van der Waals surface area (Å²) < 4.78 is 16.1. The fraction of sp³-hybridized carbons (Fsp3) is 0.348. The molecule has 0 saturated heterocycles. The highest BCUT2D eigenvalue weighted by atomic mass is 16.5. The highest BCUT2D eigenvalue weighted by Crippen LogP contribution is 2.31. The summed E-state index contributed by atoms with van der Waals surface area (Å²) in [6.45, 7) is 5.42. The Morgan fingerprint density at radius 3 is 2.35 bits per heavy atom. The van der Waals surface area contributed by atoms with E-state index in [0.717, 1.165) is 0 Å². The third-order valence-electron chi connectivity index (χ3n) is 4.76. The van der Waals surface area contributed by atoms with Gasteiger partial charge in [0.05, 0.1) is 24.3 Å². The predicted octanol–water partition coefficient (Wildman–Crippen LogP) is 3.37. The average Bonchev–Trinajstić information content (AvgIpc) is 3.00. The first-order valence-electron chi connectivity index (χ1n) is 10.2. The highest BCUT2D eigenvalue weighted by Gasteiger charge is 2.35. The number of fused-ring (bicyclic) bond motifs is 1. The van der Waals surface area contributed by atoms with Crippen LogP contribution in [0.4, 0.5) is 5.69 Å². The van der Waals surface area contributed by atoms with Crippen LogP contribution in [0.3, 0.4) is 0 Å². The molecule has 0 saturated carbocycles. The second-order valence-corrected chi connectivity index (χ2v) is 6.85. The summed E-state index contributed by atoms with van der Waals surface area (Å²) in [6, 6.07) is 9.64. The molecule has 31 heavy (non-hydrogen) atoms. The zero-order chi connectivity index (χ0) is 22.4. The molecule has 8 heteroatoms. The molecule has 1 heterocycles. The van der Waals surface area contributed by atoms with Gasteiger partial charge in [-0.15, -0.1) is 0 Å². The van der Waals surface area contributed by atoms with Crippen molar-refractivity contribution < 1.29 is 28.6 Å². The van der Waals surface area contributed by atoms with Gasteiger partial charge in [-0.2, -0.15) is 0 Å². The minimum Gasteiger partial charge on any atom is -0.490 e. The van der Waals surface area contributed by atoms with Gasteiger partial charge in [0.2, 0.25) is 0 Å². The number of amides is 3. The maximum absolute atomic E-state index is 12.8. The smallest absolute Gasteiger partial charge is 0.261 e. The predicted molar refractivity (Wildman–Crippen MR) is 115 cm³/mol. The van der Waals surface area contributed by atoms with Gasteiger partial charge in [-0.3, -0.25) is 19.3 Å². The maximum atomic E-state index is 12.8. The van der Waals surface area contributed by atoms with Crippen molar-refractivity contribution in [1.82, 2.24) is 4.90 Å². The molecule has 0 radical (unpaired) electrons. The summed E-state index contributed by atoms with van der Waals surface area (Å²) in [4.78, 5) is 39.1. The maximum Gasteiger partial charge on any atom is 0.261 e. The van der Waals surface area contributed by atoms with Crippen LogP contribution in [0.25, 0.3) is 0 Å². The minimum atomic E-state index is -0.398. The van der Waals surface area contributed by atoms with E-state index in [1.165, 1.54) is 23.1 Å².